The highest BCUT2D eigenvalue weighted by Crippen LogP contribution is 2.25. The van der Waals surface area contributed by atoms with Crippen molar-refractivity contribution in [1.29, 1.82) is 0 Å². The van der Waals surface area contributed by atoms with Crippen molar-refractivity contribution in [2.45, 2.75) is 31.6 Å². The van der Waals surface area contributed by atoms with Crippen LogP contribution in [0.1, 0.15) is 24.1 Å². The van der Waals surface area contributed by atoms with Crippen LogP contribution in [0.25, 0.3) is 0 Å². The molecule has 1 saturated heterocycles. The van der Waals surface area contributed by atoms with Gasteiger partial charge in [-0.2, -0.15) is 11.8 Å². The van der Waals surface area contributed by atoms with Crippen molar-refractivity contribution in [2.24, 2.45) is 4.99 Å². The molecule has 1 aliphatic rings. The fraction of sp³-hybridized carbons (Fsp3) is 0.571. The van der Waals surface area contributed by atoms with E-state index in [1.54, 1.807) is 0 Å². The second-order valence-corrected chi connectivity index (χ2v) is 6.12. The Labute approximate surface area is 119 Å². The Bertz CT molecular complexity index is 427. The smallest absolute Gasteiger partial charge is 0.191 e. The lowest BCUT2D eigenvalue weighted by Crippen LogP contribution is -2.40. The second kappa shape index (κ2) is 7.38. The lowest BCUT2D eigenvalue weighted by atomic mass is 10.2. The van der Waals surface area contributed by atoms with E-state index in [1.165, 1.54) is 24.2 Å². The molecule has 4 nitrogen and oxygen atoms in total. The first-order valence-corrected chi connectivity index (χ1v) is 7.81. The summed E-state index contributed by atoms with van der Waals surface area (Å²) in [6.45, 7) is 3.78. The van der Waals surface area contributed by atoms with E-state index in [0.717, 1.165) is 23.4 Å². The molecule has 0 spiro atoms. The van der Waals surface area contributed by atoms with Gasteiger partial charge in [0.1, 0.15) is 0 Å². The Morgan fingerprint density at radius 2 is 2.42 bits per heavy atom. The van der Waals surface area contributed by atoms with E-state index in [0.29, 0.717) is 6.54 Å². The maximum Gasteiger partial charge on any atom is 0.191 e. The molecule has 1 aromatic heterocycles. The molecule has 2 heterocycles. The number of aliphatic imine (C=N–C) groups is 1. The molecule has 2 rings (SSSR count). The summed E-state index contributed by atoms with van der Waals surface area (Å²) < 4.78 is 0. The largest absolute Gasteiger partial charge is 0.355 e. The molecule has 0 amide bonds. The molecule has 0 bridgehead atoms. The molecular formula is C14H22N4S. The molecule has 1 aromatic rings. The molecule has 1 fully saturated rings. The number of hydrogen-bond acceptors (Lipinski definition) is 3. The van der Waals surface area contributed by atoms with E-state index >= 15 is 0 Å². The number of guanidine groups is 1. The van der Waals surface area contributed by atoms with Crippen LogP contribution >= 0.6 is 11.8 Å². The maximum atomic E-state index is 4.37. The van der Waals surface area contributed by atoms with Gasteiger partial charge in [-0.3, -0.25) is 9.98 Å². The van der Waals surface area contributed by atoms with Gasteiger partial charge >= 0.3 is 0 Å². The Balaban J connectivity index is 1.78. The first-order chi connectivity index (χ1) is 9.29. The summed E-state index contributed by atoms with van der Waals surface area (Å²) in [7, 11) is 1.81. The van der Waals surface area contributed by atoms with Crippen LogP contribution in [0.3, 0.4) is 0 Å². The van der Waals surface area contributed by atoms with Crippen molar-refractivity contribution in [3.63, 3.8) is 0 Å². The Kier molecular flexibility index (Phi) is 5.51. The molecule has 19 heavy (non-hydrogen) atoms. The normalized spacial score (nSPS) is 19.5. The summed E-state index contributed by atoms with van der Waals surface area (Å²) in [6.07, 6.45) is 4.49. The van der Waals surface area contributed by atoms with Crippen molar-refractivity contribution in [1.82, 2.24) is 15.6 Å². The first-order valence-electron chi connectivity index (χ1n) is 6.76. The van der Waals surface area contributed by atoms with Crippen LogP contribution in [0.5, 0.6) is 0 Å². The van der Waals surface area contributed by atoms with Crippen LogP contribution < -0.4 is 10.6 Å². The van der Waals surface area contributed by atoms with Crippen molar-refractivity contribution in [3.8, 4) is 0 Å². The molecule has 1 aliphatic heterocycles. The van der Waals surface area contributed by atoms with Gasteiger partial charge in [0.15, 0.2) is 5.96 Å². The van der Waals surface area contributed by atoms with Crippen LogP contribution in [0, 0.1) is 6.92 Å². The molecule has 1 atom stereocenters. The highest BCUT2D eigenvalue weighted by Gasteiger charge is 2.15. The molecule has 0 aliphatic carbocycles. The Hall–Kier alpha value is -1.23. The number of nitrogens with one attached hydrogen (secondary N) is 2. The zero-order chi connectivity index (χ0) is 13.5. The predicted octanol–water partition coefficient (Wildman–Crippen LogP) is 1.95. The fourth-order valence-electron chi connectivity index (χ4n) is 2.11. The first kappa shape index (κ1) is 14.2. The number of rotatable bonds is 4. The van der Waals surface area contributed by atoms with Crippen LogP contribution in [0.2, 0.25) is 0 Å². The number of hydrogen-bond donors (Lipinski definition) is 2. The standard InChI is InChI=1S/C14H22N4S/c1-11-5-3-7-16-13(11)10-18-14(15-2)17-9-12-6-4-8-19-12/h3,5,7,12H,4,6,8-10H2,1-2H3,(H2,15,17,18). The molecule has 5 heteroatoms. The third-order valence-electron chi connectivity index (χ3n) is 3.29. The summed E-state index contributed by atoms with van der Waals surface area (Å²) in [5.74, 6) is 2.16. The van der Waals surface area contributed by atoms with E-state index < -0.39 is 0 Å². The van der Waals surface area contributed by atoms with Gasteiger partial charge in [-0.15, -0.1) is 0 Å². The minimum Gasteiger partial charge on any atom is -0.355 e. The highest BCUT2D eigenvalue weighted by molar-refractivity contribution is 8.00. The molecule has 0 aromatic carbocycles. The van der Waals surface area contributed by atoms with E-state index in [2.05, 4.69) is 45.4 Å². The van der Waals surface area contributed by atoms with Gasteiger partial charge in [-0.05, 0) is 37.1 Å². The molecular weight excluding hydrogens is 256 g/mol. The quantitative estimate of drug-likeness (QED) is 0.653. The predicted molar refractivity (Wildman–Crippen MR) is 82.7 cm³/mol. The van der Waals surface area contributed by atoms with Crippen LogP contribution in [-0.4, -0.2) is 35.5 Å². The Morgan fingerprint density at radius 3 is 3.11 bits per heavy atom. The third kappa shape index (κ3) is 4.42. The second-order valence-electron chi connectivity index (χ2n) is 4.71. The van der Waals surface area contributed by atoms with Crippen molar-refractivity contribution in [3.05, 3.63) is 29.6 Å². The van der Waals surface area contributed by atoms with Gasteiger partial charge in [0.25, 0.3) is 0 Å². The Morgan fingerprint density at radius 1 is 1.53 bits per heavy atom. The number of thioether (sulfide) groups is 1. The number of aryl methyl sites for hydroxylation is 1. The van der Waals surface area contributed by atoms with E-state index in [9.17, 15) is 0 Å². The topological polar surface area (TPSA) is 49.3 Å². The average Bonchev–Trinajstić information content (AvgIpc) is 2.94. The fourth-order valence-corrected chi connectivity index (χ4v) is 3.31. The van der Waals surface area contributed by atoms with E-state index in [1.807, 2.05) is 19.3 Å². The van der Waals surface area contributed by atoms with Gasteiger partial charge in [0.2, 0.25) is 0 Å². The highest BCUT2D eigenvalue weighted by atomic mass is 32.2. The number of pyridine rings is 1. The average molecular weight is 278 g/mol. The van der Waals surface area contributed by atoms with Gasteiger partial charge in [-0.1, -0.05) is 6.07 Å². The third-order valence-corrected chi connectivity index (χ3v) is 4.68. The molecule has 2 N–H and O–H groups in total. The van der Waals surface area contributed by atoms with Crippen LogP contribution in [-0.2, 0) is 6.54 Å². The van der Waals surface area contributed by atoms with Gasteiger partial charge < -0.3 is 10.6 Å². The van der Waals surface area contributed by atoms with Crippen molar-refractivity contribution < 1.29 is 0 Å². The zero-order valence-electron chi connectivity index (χ0n) is 11.6. The minimum absolute atomic E-state index is 0.712. The zero-order valence-corrected chi connectivity index (χ0v) is 12.5. The lowest BCUT2D eigenvalue weighted by Gasteiger charge is -2.15. The number of aromatic nitrogens is 1. The summed E-state index contributed by atoms with van der Waals surface area (Å²) >= 11 is 2.05. The van der Waals surface area contributed by atoms with Crippen molar-refractivity contribution in [2.75, 3.05) is 19.3 Å². The minimum atomic E-state index is 0.712. The van der Waals surface area contributed by atoms with Gasteiger partial charge in [0.05, 0.1) is 12.2 Å². The van der Waals surface area contributed by atoms with Gasteiger partial charge in [0, 0.05) is 25.0 Å². The molecule has 1 unspecified atom stereocenters. The van der Waals surface area contributed by atoms with E-state index in [-0.39, 0.29) is 0 Å². The summed E-state index contributed by atoms with van der Waals surface area (Å²) in [5.41, 5.74) is 2.28. The molecule has 0 radical (unpaired) electrons. The van der Waals surface area contributed by atoms with Crippen molar-refractivity contribution >= 4 is 17.7 Å². The maximum absolute atomic E-state index is 4.37. The van der Waals surface area contributed by atoms with Crippen LogP contribution in [0.15, 0.2) is 23.3 Å². The summed E-state index contributed by atoms with van der Waals surface area (Å²) in [6, 6.07) is 4.04. The van der Waals surface area contributed by atoms with Crippen LogP contribution in [0.4, 0.5) is 0 Å². The SMILES string of the molecule is CN=C(NCc1ncccc1C)NCC1CCCS1. The summed E-state index contributed by atoms with van der Waals surface area (Å²) in [5, 5.41) is 7.44. The van der Waals surface area contributed by atoms with E-state index in [4.69, 9.17) is 0 Å². The lowest BCUT2D eigenvalue weighted by molar-refractivity contribution is 0.722. The number of nitrogens with zero attached hydrogens (tertiary/aromatic N) is 2. The molecule has 0 saturated carbocycles. The monoisotopic (exact) mass is 278 g/mol. The van der Waals surface area contributed by atoms with Gasteiger partial charge in [-0.25, -0.2) is 0 Å². The summed E-state index contributed by atoms with van der Waals surface area (Å²) in [4.78, 5) is 8.62. The molecule has 104 valence electrons.